The fourth-order valence-electron chi connectivity index (χ4n) is 2.33. The molecule has 19 heavy (non-hydrogen) atoms. The number of carbonyl (C=O) groups excluding carboxylic acids is 1. The fourth-order valence-corrected chi connectivity index (χ4v) is 2.67. The molecule has 1 fully saturated rings. The third-order valence-corrected chi connectivity index (χ3v) is 3.70. The zero-order chi connectivity index (χ0) is 14.0. The van der Waals surface area contributed by atoms with Crippen molar-refractivity contribution in [2.24, 2.45) is 0 Å². The molecule has 1 amide bonds. The first-order valence-corrected chi connectivity index (χ1v) is 6.76. The second-order valence-electron chi connectivity index (χ2n) is 4.52. The van der Waals surface area contributed by atoms with Crippen LogP contribution in [0.25, 0.3) is 0 Å². The van der Waals surface area contributed by atoms with E-state index in [4.69, 9.17) is 5.11 Å². The van der Waals surface area contributed by atoms with Crippen LogP contribution in [0.2, 0.25) is 0 Å². The Morgan fingerprint density at radius 3 is 2.84 bits per heavy atom. The lowest BCUT2D eigenvalue weighted by Crippen LogP contribution is -2.37. The van der Waals surface area contributed by atoms with E-state index in [2.05, 4.69) is 15.9 Å². The first-order valence-electron chi connectivity index (χ1n) is 5.97. The second-order valence-corrected chi connectivity index (χ2v) is 5.43. The van der Waals surface area contributed by atoms with Gasteiger partial charge in [-0.15, -0.1) is 0 Å². The molecular weight excluding hydrogens is 317 g/mol. The Labute approximate surface area is 118 Å². The van der Waals surface area contributed by atoms with Crippen molar-refractivity contribution < 1.29 is 19.1 Å². The van der Waals surface area contributed by atoms with Crippen molar-refractivity contribution >= 4 is 27.8 Å². The van der Waals surface area contributed by atoms with Crippen molar-refractivity contribution in [1.29, 1.82) is 0 Å². The number of hydrogen-bond donors (Lipinski definition) is 1. The van der Waals surface area contributed by atoms with Gasteiger partial charge in [-0.05, 0) is 31.0 Å². The third kappa shape index (κ3) is 3.12. The van der Waals surface area contributed by atoms with Gasteiger partial charge in [-0.3, -0.25) is 9.59 Å². The lowest BCUT2D eigenvalue weighted by atomic mass is 10.1. The topological polar surface area (TPSA) is 57.6 Å². The predicted molar refractivity (Wildman–Crippen MR) is 70.4 cm³/mol. The number of halogens is 2. The number of carboxylic acids is 1. The molecule has 2 rings (SSSR count). The van der Waals surface area contributed by atoms with Gasteiger partial charge in [0.2, 0.25) is 0 Å². The highest BCUT2D eigenvalue weighted by molar-refractivity contribution is 9.10. The molecule has 4 nitrogen and oxygen atoms in total. The van der Waals surface area contributed by atoms with E-state index in [0.717, 1.165) is 6.42 Å². The number of nitrogens with zero attached hydrogens (tertiary/aromatic N) is 1. The molecule has 1 aromatic rings. The number of hydrogen-bond acceptors (Lipinski definition) is 2. The summed E-state index contributed by atoms with van der Waals surface area (Å²) in [6, 6.07) is 3.90. The Balaban J connectivity index is 2.20. The molecule has 1 N–H and O–H groups in total. The van der Waals surface area contributed by atoms with Gasteiger partial charge in [-0.1, -0.05) is 15.9 Å². The van der Waals surface area contributed by atoms with E-state index in [1.807, 2.05) is 0 Å². The number of aliphatic carboxylic acids is 1. The highest BCUT2D eigenvalue weighted by Crippen LogP contribution is 2.24. The molecule has 0 bridgehead atoms. The van der Waals surface area contributed by atoms with Crippen molar-refractivity contribution in [1.82, 2.24) is 4.90 Å². The molecule has 1 aromatic carbocycles. The van der Waals surface area contributed by atoms with Gasteiger partial charge < -0.3 is 10.0 Å². The Bertz CT molecular complexity index is 521. The molecule has 1 atom stereocenters. The second kappa shape index (κ2) is 5.69. The Morgan fingerprint density at radius 2 is 2.21 bits per heavy atom. The molecule has 0 spiro atoms. The van der Waals surface area contributed by atoms with Gasteiger partial charge in [-0.2, -0.15) is 0 Å². The number of carbonyl (C=O) groups is 2. The molecule has 1 aliphatic heterocycles. The number of amides is 1. The van der Waals surface area contributed by atoms with Crippen LogP contribution in [0.4, 0.5) is 4.39 Å². The van der Waals surface area contributed by atoms with Crippen LogP contribution >= 0.6 is 15.9 Å². The normalized spacial score (nSPS) is 18.6. The minimum Gasteiger partial charge on any atom is -0.481 e. The summed E-state index contributed by atoms with van der Waals surface area (Å²) < 4.78 is 14.3. The number of benzene rings is 1. The van der Waals surface area contributed by atoms with Gasteiger partial charge >= 0.3 is 5.97 Å². The van der Waals surface area contributed by atoms with E-state index in [9.17, 15) is 14.0 Å². The molecule has 1 unspecified atom stereocenters. The Kier molecular flexibility index (Phi) is 4.19. The lowest BCUT2D eigenvalue weighted by molar-refractivity contribution is -0.137. The minimum atomic E-state index is -0.944. The summed E-state index contributed by atoms with van der Waals surface area (Å²) in [4.78, 5) is 24.5. The van der Waals surface area contributed by atoms with Crippen molar-refractivity contribution in [2.75, 3.05) is 6.54 Å². The highest BCUT2D eigenvalue weighted by Gasteiger charge is 2.31. The molecule has 6 heteroatoms. The summed E-state index contributed by atoms with van der Waals surface area (Å²) in [6.07, 6.45) is 1.31. The zero-order valence-electron chi connectivity index (χ0n) is 10.1. The van der Waals surface area contributed by atoms with E-state index < -0.39 is 17.7 Å². The number of carboxylic acid groups (broad SMARTS) is 1. The molecule has 1 saturated heterocycles. The summed E-state index contributed by atoms with van der Waals surface area (Å²) in [5, 5.41) is 8.82. The summed E-state index contributed by atoms with van der Waals surface area (Å²) in [6.45, 7) is 0.478. The van der Waals surface area contributed by atoms with E-state index in [0.29, 0.717) is 17.4 Å². The average Bonchev–Trinajstić information content (AvgIpc) is 2.75. The van der Waals surface area contributed by atoms with Gasteiger partial charge in [0, 0.05) is 17.1 Å². The first-order chi connectivity index (χ1) is 8.99. The maximum absolute atomic E-state index is 13.8. The van der Waals surface area contributed by atoms with Crippen LogP contribution in [0.3, 0.4) is 0 Å². The summed E-state index contributed by atoms with van der Waals surface area (Å²) >= 11 is 3.13. The van der Waals surface area contributed by atoms with E-state index in [-0.39, 0.29) is 18.0 Å². The number of rotatable bonds is 3. The number of likely N-dealkylation sites (tertiary alicyclic amines) is 1. The van der Waals surface area contributed by atoms with E-state index in [1.54, 1.807) is 6.07 Å². The molecule has 0 radical (unpaired) electrons. The largest absolute Gasteiger partial charge is 0.481 e. The lowest BCUT2D eigenvalue weighted by Gasteiger charge is -2.23. The first kappa shape index (κ1) is 14.0. The van der Waals surface area contributed by atoms with Crippen LogP contribution in [0.1, 0.15) is 29.6 Å². The van der Waals surface area contributed by atoms with Crippen LogP contribution in [0.15, 0.2) is 22.7 Å². The monoisotopic (exact) mass is 329 g/mol. The maximum Gasteiger partial charge on any atom is 0.305 e. The molecule has 0 aromatic heterocycles. The quantitative estimate of drug-likeness (QED) is 0.927. The van der Waals surface area contributed by atoms with Crippen molar-refractivity contribution in [3.05, 3.63) is 34.1 Å². The van der Waals surface area contributed by atoms with Crippen LogP contribution < -0.4 is 0 Å². The highest BCUT2D eigenvalue weighted by atomic mass is 79.9. The molecular formula is C13H13BrFNO3. The molecule has 1 aliphatic rings. The Hall–Kier alpha value is -1.43. The van der Waals surface area contributed by atoms with Crippen molar-refractivity contribution in [2.45, 2.75) is 25.3 Å². The minimum absolute atomic E-state index is 0.0134. The van der Waals surface area contributed by atoms with Gasteiger partial charge in [0.25, 0.3) is 5.91 Å². The van der Waals surface area contributed by atoms with Crippen molar-refractivity contribution in [3.63, 3.8) is 0 Å². The molecule has 0 aliphatic carbocycles. The summed E-state index contributed by atoms with van der Waals surface area (Å²) in [5.41, 5.74) is -0.0134. The van der Waals surface area contributed by atoms with E-state index >= 15 is 0 Å². The van der Waals surface area contributed by atoms with Crippen LogP contribution in [0.5, 0.6) is 0 Å². The SMILES string of the molecule is O=C(O)CC1CCCN1C(=O)c1ccc(Br)cc1F. The third-order valence-electron chi connectivity index (χ3n) is 3.21. The fraction of sp³-hybridized carbons (Fsp3) is 0.385. The van der Waals surface area contributed by atoms with Gasteiger partial charge in [0.15, 0.2) is 0 Å². The van der Waals surface area contributed by atoms with Crippen LogP contribution in [-0.4, -0.2) is 34.5 Å². The molecule has 1 heterocycles. The molecule has 102 valence electrons. The van der Waals surface area contributed by atoms with E-state index in [1.165, 1.54) is 17.0 Å². The van der Waals surface area contributed by atoms with Gasteiger partial charge in [0.05, 0.1) is 12.0 Å². The molecule has 0 saturated carbocycles. The smallest absolute Gasteiger partial charge is 0.305 e. The zero-order valence-corrected chi connectivity index (χ0v) is 11.7. The average molecular weight is 330 g/mol. The standard InChI is InChI=1S/C13H13BrFNO3/c14-8-3-4-10(11(15)6-8)13(19)16-5-1-2-9(16)7-12(17)18/h3-4,6,9H,1-2,5,7H2,(H,17,18). The summed E-state index contributed by atoms with van der Waals surface area (Å²) in [5.74, 6) is -1.98. The Morgan fingerprint density at radius 1 is 1.47 bits per heavy atom. The van der Waals surface area contributed by atoms with Crippen LogP contribution in [-0.2, 0) is 4.79 Å². The van der Waals surface area contributed by atoms with Gasteiger partial charge in [-0.25, -0.2) is 4.39 Å². The maximum atomic E-state index is 13.8. The van der Waals surface area contributed by atoms with Crippen LogP contribution in [0, 0.1) is 5.82 Å². The predicted octanol–water partition coefficient (Wildman–Crippen LogP) is 2.67. The van der Waals surface area contributed by atoms with Crippen molar-refractivity contribution in [3.8, 4) is 0 Å². The summed E-state index contributed by atoms with van der Waals surface area (Å²) in [7, 11) is 0. The van der Waals surface area contributed by atoms with Gasteiger partial charge in [0.1, 0.15) is 5.82 Å².